The Bertz CT molecular complexity index is 1510. The first-order valence-electron chi connectivity index (χ1n) is 13.6. The predicted molar refractivity (Wildman–Crippen MR) is 149 cm³/mol. The van der Waals surface area contributed by atoms with Crippen molar-refractivity contribution in [1.82, 2.24) is 9.47 Å². The van der Waals surface area contributed by atoms with Crippen LogP contribution < -0.4 is 4.74 Å². The zero-order valence-electron chi connectivity index (χ0n) is 23.7. The van der Waals surface area contributed by atoms with Gasteiger partial charge in [0.2, 0.25) is 0 Å². The van der Waals surface area contributed by atoms with Gasteiger partial charge in [-0.05, 0) is 106 Å². The molecule has 1 aliphatic heterocycles. The fraction of sp³-hybridized carbons (Fsp3) is 0.438. The SMILES string of the molecule is COc1cc(C)c2c(ccn2C(=O)OC(C)(C)C)c1CN1CCC2(CC(=C(F)F)C2)C[C@H]1c1ccc(C#N)cc1. The van der Waals surface area contributed by atoms with Gasteiger partial charge in [0.1, 0.15) is 11.4 Å². The van der Waals surface area contributed by atoms with Crippen molar-refractivity contribution in [1.29, 1.82) is 5.26 Å². The van der Waals surface area contributed by atoms with Gasteiger partial charge in [-0.15, -0.1) is 0 Å². The van der Waals surface area contributed by atoms with Crippen LogP contribution in [0.1, 0.15) is 74.8 Å². The average Bonchev–Trinajstić information content (AvgIpc) is 3.34. The summed E-state index contributed by atoms with van der Waals surface area (Å²) in [6.07, 6.45) is 2.22. The van der Waals surface area contributed by atoms with Crippen molar-refractivity contribution < 1.29 is 23.0 Å². The van der Waals surface area contributed by atoms with Crippen LogP contribution in [0.15, 0.2) is 54.2 Å². The molecule has 8 heteroatoms. The van der Waals surface area contributed by atoms with Crippen molar-refractivity contribution >= 4 is 17.0 Å². The Hall–Kier alpha value is -3.70. The van der Waals surface area contributed by atoms with Crippen LogP contribution in [0.5, 0.6) is 5.75 Å². The number of nitriles is 1. The Morgan fingerprint density at radius 2 is 1.88 bits per heavy atom. The molecule has 5 rings (SSSR count). The third kappa shape index (κ3) is 5.23. The fourth-order valence-electron chi connectivity index (χ4n) is 6.36. The van der Waals surface area contributed by atoms with E-state index in [9.17, 15) is 18.8 Å². The third-order valence-electron chi connectivity index (χ3n) is 8.27. The Balaban J connectivity index is 1.53. The number of benzene rings is 2. The van der Waals surface area contributed by atoms with Gasteiger partial charge < -0.3 is 9.47 Å². The summed E-state index contributed by atoms with van der Waals surface area (Å²) in [6, 6.07) is 13.6. The van der Waals surface area contributed by atoms with E-state index in [1.807, 2.05) is 64.1 Å². The highest BCUT2D eigenvalue weighted by Gasteiger charge is 2.48. The number of aromatic nitrogens is 1. The summed E-state index contributed by atoms with van der Waals surface area (Å²) in [5, 5.41) is 10.2. The Morgan fingerprint density at radius 1 is 1.18 bits per heavy atom. The van der Waals surface area contributed by atoms with E-state index in [0.717, 1.165) is 52.7 Å². The van der Waals surface area contributed by atoms with Crippen molar-refractivity contribution in [3.63, 3.8) is 0 Å². The number of rotatable bonds is 4. The van der Waals surface area contributed by atoms with Crippen LogP contribution in [0.3, 0.4) is 0 Å². The Kier molecular flexibility index (Phi) is 7.22. The molecule has 210 valence electrons. The minimum Gasteiger partial charge on any atom is -0.496 e. The monoisotopic (exact) mass is 547 g/mol. The Labute approximate surface area is 233 Å². The molecule has 1 saturated heterocycles. The molecule has 2 aromatic carbocycles. The molecule has 2 aliphatic rings. The maximum atomic E-state index is 13.3. The number of fused-ring (bicyclic) bond motifs is 1. The van der Waals surface area contributed by atoms with Crippen LogP contribution >= 0.6 is 0 Å². The van der Waals surface area contributed by atoms with Crippen LogP contribution in [0.25, 0.3) is 10.9 Å². The van der Waals surface area contributed by atoms with E-state index in [4.69, 9.17) is 9.47 Å². The molecule has 0 N–H and O–H groups in total. The van der Waals surface area contributed by atoms with Gasteiger partial charge >= 0.3 is 6.09 Å². The van der Waals surface area contributed by atoms with Crippen molar-refractivity contribution in [2.45, 2.75) is 71.6 Å². The highest BCUT2D eigenvalue weighted by atomic mass is 19.3. The molecule has 1 atom stereocenters. The van der Waals surface area contributed by atoms with Gasteiger partial charge in [-0.3, -0.25) is 9.47 Å². The van der Waals surface area contributed by atoms with Gasteiger partial charge in [0.15, 0.2) is 0 Å². The normalized spacial score (nSPS) is 21.2. The van der Waals surface area contributed by atoms with E-state index in [-0.39, 0.29) is 17.0 Å². The van der Waals surface area contributed by atoms with Gasteiger partial charge in [-0.1, -0.05) is 12.1 Å². The number of carbonyl (C=O) groups excluding carboxylic acids is 1. The standard InChI is InChI=1S/C32H35F2N3O3/c1-20-14-27(39-5)25(24-10-12-37(28(20)24)30(38)40-31(2,3)4)19-36-13-11-32(15-23(16-32)29(33)34)17-26(36)22-8-6-21(18-35)7-9-22/h6-10,12,14,26H,11,13,15-17,19H2,1-5H3/t26-/m0/s1. The van der Waals surface area contributed by atoms with E-state index in [2.05, 4.69) is 11.0 Å². The number of ether oxygens (including phenoxy) is 2. The first kappa shape index (κ1) is 27.9. The molecule has 2 heterocycles. The third-order valence-corrected chi connectivity index (χ3v) is 8.27. The lowest BCUT2D eigenvalue weighted by Gasteiger charge is -2.52. The van der Waals surface area contributed by atoms with Crippen LogP contribution in [-0.4, -0.2) is 34.8 Å². The van der Waals surface area contributed by atoms with E-state index in [0.29, 0.717) is 24.9 Å². The quantitative estimate of drug-likeness (QED) is 0.332. The number of hydrogen-bond donors (Lipinski definition) is 0. The number of aryl methyl sites for hydroxylation is 1. The number of carbonyl (C=O) groups is 1. The summed E-state index contributed by atoms with van der Waals surface area (Å²) in [7, 11) is 1.64. The second-order valence-corrected chi connectivity index (χ2v) is 12.2. The van der Waals surface area contributed by atoms with Crippen molar-refractivity contribution in [2.24, 2.45) is 5.41 Å². The van der Waals surface area contributed by atoms with Crippen LogP contribution in [0, 0.1) is 23.7 Å². The van der Waals surface area contributed by atoms with Crippen molar-refractivity contribution in [3.8, 4) is 11.8 Å². The summed E-state index contributed by atoms with van der Waals surface area (Å²) in [5.74, 6) is 0.735. The average molecular weight is 548 g/mol. The summed E-state index contributed by atoms with van der Waals surface area (Å²) >= 11 is 0. The zero-order chi connectivity index (χ0) is 28.8. The van der Waals surface area contributed by atoms with E-state index < -0.39 is 17.8 Å². The van der Waals surface area contributed by atoms with Crippen molar-refractivity contribution in [2.75, 3.05) is 13.7 Å². The predicted octanol–water partition coefficient (Wildman–Crippen LogP) is 7.88. The molecule has 1 aromatic heterocycles. The minimum absolute atomic E-state index is 0.0142. The van der Waals surface area contributed by atoms with Crippen molar-refractivity contribution in [3.05, 3.63) is 76.5 Å². The van der Waals surface area contributed by atoms with E-state index in [1.165, 1.54) is 0 Å². The smallest absolute Gasteiger partial charge is 0.419 e. The van der Waals surface area contributed by atoms with Crippen LogP contribution in [0.2, 0.25) is 0 Å². The summed E-state index contributed by atoms with van der Waals surface area (Å²) in [6.45, 7) is 8.76. The molecule has 1 aliphatic carbocycles. The molecule has 1 saturated carbocycles. The number of nitrogens with zero attached hydrogens (tertiary/aromatic N) is 3. The number of halogens is 2. The molecule has 0 amide bonds. The second kappa shape index (κ2) is 10.4. The molecule has 1 spiro atoms. The lowest BCUT2D eigenvalue weighted by Crippen LogP contribution is -2.46. The van der Waals surface area contributed by atoms with Crippen LogP contribution in [0.4, 0.5) is 13.6 Å². The summed E-state index contributed by atoms with van der Waals surface area (Å²) in [4.78, 5) is 15.4. The molecule has 2 fully saturated rings. The molecule has 0 unspecified atom stereocenters. The molecular weight excluding hydrogens is 512 g/mol. The largest absolute Gasteiger partial charge is 0.496 e. The lowest BCUT2D eigenvalue weighted by atomic mass is 9.58. The zero-order valence-corrected chi connectivity index (χ0v) is 23.7. The first-order valence-corrected chi connectivity index (χ1v) is 13.6. The van der Waals surface area contributed by atoms with Gasteiger partial charge in [-0.2, -0.15) is 14.0 Å². The maximum absolute atomic E-state index is 13.3. The number of hydrogen-bond acceptors (Lipinski definition) is 5. The van der Waals surface area contributed by atoms with Gasteiger partial charge in [0.05, 0.1) is 24.3 Å². The number of piperidine rings is 1. The van der Waals surface area contributed by atoms with E-state index >= 15 is 0 Å². The second-order valence-electron chi connectivity index (χ2n) is 12.2. The molecule has 6 nitrogen and oxygen atoms in total. The molecule has 3 aromatic rings. The molecule has 40 heavy (non-hydrogen) atoms. The van der Waals surface area contributed by atoms with Gasteiger partial charge in [-0.25, -0.2) is 4.79 Å². The van der Waals surface area contributed by atoms with Gasteiger partial charge in [0.25, 0.3) is 6.08 Å². The molecule has 0 radical (unpaired) electrons. The Morgan fingerprint density at radius 3 is 2.48 bits per heavy atom. The number of methoxy groups -OCH3 is 1. The highest BCUT2D eigenvalue weighted by Crippen LogP contribution is 2.57. The minimum atomic E-state index is -1.54. The first-order chi connectivity index (χ1) is 18.9. The van der Waals surface area contributed by atoms with E-state index in [1.54, 1.807) is 17.9 Å². The summed E-state index contributed by atoms with van der Waals surface area (Å²) in [5.41, 5.74) is 3.79. The lowest BCUT2D eigenvalue weighted by molar-refractivity contribution is 0.0140. The maximum Gasteiger partial charge on any atom is 0.419 e. The van der Waals surface area contributed by atoms with Crippen LogP contribution in [-0.2, 0) is 11.3 Å². The fourth-order valence-corrected chi connectivity index (χ4v) is 6.36. The number of likely N-dealkylation sites (tertiary alicyclic amines) is 1. The topological polar surface area (TPSA) is 67.5 Å². The van der Waals surface area contributed by atoms with Gasteiger partial charge in [0, 0.05) is 29.7 Å². The number of allylic oxidation sites excluding steroid dienone is 1. The molecular formula is C32H35F2N3O3. The molecule has 0 bridgehead atoms. The summed E-state index contributed by atoms with van der Waals surface area (Å²) < 4.78 is 39.6. The highest BCUT2D eigenvalue weighted by molar-refractivity contribution is 5.95.